The molecule has 0 saturated heterocycles. The number of phenols is 1. The molecule has 0 aliphatic rings. The molecule has 0 bridgehead atoms. The first kappa shape index (κ1) is 14.1. The molecule has 0 saturated carbocycles. The Morgan fingerprint density at radius 1 is 1.14 bits per heavy atom. The van der Waals surface area contributed by atoms with Gasteiger partial charge in [0.1, 0.15) is 17.1 Å². The SMILES string of the molecule is Cc1oc2cc(O)c(C(=O)/C=C/c3ccccc3)cc2c1C. The number of benzene rings is 2. The molecule has 3 heteroatoms. The fraction of sp³-hybridized carbons (Fsp3) is 0.105. The van der Waals surface area contributed by atoms with Crippen LogP contribution in [0.25, 0.3) is 17.0 Å². The Bertz CT molecular complexity index is 871. The third kappa shape index (κ3) is 2.53. The average molecular weight is 292 g/mol. The molecular formula is C19H16O3. The van der Waals surface area contributed by atoms with E-state index in [1.807, 2.05) is 44.2 Å². The van der Waals surface area contributed by atoms with Gasteiger partial charge in [0.15, 0.2) is 5.78 Å². The lowest BCUT2D eigenvalue weighted by atomic mass is 10.0. The molecule has 110 valence electrons. The van der Waals surface area contributed by atoms with Gasteiger partial charge in [0.05, 0.1) is 5.56 Å². The van der Waals surface area contributed by atoms with Crippen LogP contribution in [-0.4, -0.2) is 10.9 Å². The van der Waals surface area contributed by atoms with Gasteiger partial charge in [-0.1, -0.05) is 36.4 Å². The smallest absolute Gasteiger partial charge is 0.189 e. The summed E-state index contributed by atoms with van der Waals surface area (Å²) in [5, 5.41) is 10.9. The van der Waals surface area contributed by atoms with E-state index < -0.39 is 0 Å². The van der Waals surface area contributed by atoms with Gasteiger partial charge in [-0.25, -0.2) is 0 Å². The summed E-state index contributed by atoms with van der Waals surface area (Å²) in [6.07, 6.45) is 3.21. The van der Waals surface area contributed by atoms with Crippen molar-refractivity contribution < 1.29 is 14.3 Å². The summed E-state index contributed by atoms with van der Waals surface area (Å²) in [6, 6.07) is 12.7. The number of hydrogen-bond acceptors (Lipinski definition) is 3. The predicted octanol–water partition coefficient (Wildman–Crippen LogP) is 4.65. The summed E-state index contributed by atoms with van der Waals surface area (Å²) in [5.74, 6) is 0.490. The van der Waals surface area contributed by atoms with Gasteiger partial charge in [-0.05, 0) is 37.1 Å². The van der Waals surface area contributed by atoms with Crippen molar-refractivity contribution in [1.82, 2.24) is 0 Å². The molecule has 0 unspecified atom stereocenters. The minimum Gasteiger partial charge on any atom is -0.507 e. The second-order valence-electron chi connectivity index (χ2n) is 5.26. The number of phenolic OH excluding ortho intramolecular Hbond substituents is 1. The van der Waals surface area contributed by atoms with Gasteiger partial charge in [0.25, 0.3) is 0 Å². The Kier molecular flexibility index (Phi) is 3.55. The molecule has 1 heterocycles. The lowest BCUT2D eigenvalue weighted by Gasteiger charge is -2.01. The Balaban J connectivity index is 1.98. The molecule has 0 fully saturated rings. The summed E-state index contributed by atoms with van der Waals surface area (Å²) in [5.41, 5.74) is 2.79. The van der Waals surface area contributed by atoms with Crippen molar-refractivity contribution in [3.8, 4) is 5.75 Å². The highest BCUT2D eigenvalue weighted by Gasteiger charge is 2.14. The van der Waals surface area contributed by atoms with E-state index >= 15 is 0 Å². The van der Waals surface area contributed by atoms with E-state index in [1.54, 1.807) is 12.1 Å². The molecule has 3 rings (SSSR count). The van der Waals surface area contributed by atoms with Gasteiger partial charge in [-0.2, -0.15) is 0 Å². The van der Waals surface area contributed by atoms with Crippen molar-refractivity contribution in [2.45, 2.75) is 13.8 Å². The van der Waals surface area contributed by atoms with Crippen LogP contribution in [0.2, 0.25) is 0 Å². The van der Waals surface area contributed by atoms with E-state index in [2.05, 4.69) is 0 Å². The fourth-order valence-electron chi connectivity index (χ4n) is 2.40. The number of carbonyl (C=O) groups excluding carboxylic acids is 1. The van der Waals surface area contributed by atoms with Crippen LogP contribution in [-0.2, 0) is 0 Å². The summed E-state index contributed by atoms with van der Waals surface area (Å²) in [7, 11) is 0. The van der Waals surface area contributed by atoms with Gasteiger partial charge in [0.2, 0.25) is 0 Å². The molecule has 1 N–H and O–H groups in total. The summed E-state index contributed by atoms with van der Waals surface area (Å²) in [6.45, 7) is 3.80. The van der Waals surface area contributed by atoms with Crippen molar-refractivity contribution >= 4 is 22.8 Å². The molecule has 0 aliphatic heterocycles. The Labute approximate surface area is 128 Å². The zero-order valence-corrected chi connectivity index (χ0v) is 12.5. The van der Waals surface area contributed by atoms with Crippen molar-refractivity contribution in [1.29, 1.82) is 0 Å². The number of carbonyl (C=O) groups is 1. The number of allylic oxidation sites excluding steroid dienone is 1. The summed E-state index contributed by atoms with van der Waals surface area (Å²) in [4.78, 5) is 12.3. The van der Waals surface area contributed by atoms with E-state index in [0.717, 1.165) is 22.3 Å². The third-order valence-electron chi connectivity index (χ3n) is 3.79. The number of fused-ring (bicyclic) bond motifs is 1. The van der Waals surface area contributed by atoms with Gasteiger partial charge in [-0.15, -0.1) is 0 Å². The summed E-state index contributed by atoms with van der Waals surface area (Å²) >= 11 is 0. The van der Waals surface area contributed by atoms with Gasteiger partial charge < -0.3 is 9.52 Å². The van der Waals surface area contributed by atoms with Gasteiger partial charge in [-0.3, -0.25) is 4.79 Å². The number of rotatable bonds is 3. The first-order chi connectivity index (χ1) is 10.6. The molecule has 1 aromatic heterocycles. The second-order valence-corrected chi connectivity index (χ2v) is 5.26. The zero-order chi connectivity index (χ0) is 15.7. The average Bonchev–Trinajstić information content (AvgIpc) is 2.79. The molecule has 3 aromatic rings. The van der Waals surface area contributed by atoms with Gasteiger partial charge >= 0.3 is 0 Å². The monoisotopic (exact) mass is 292 g/mol. The topological polar surface area (TPSA) is 50.4 Å². The van der Waals surface area contributed by atoms with E-state index in [1.165, 1.54) is 12.1 Å². The highest BCUT2D eigenvalue weighted by atomic mass is 16.3. The van der Waals surface area contributed by atoms with E-state index in [0.29, 0.717) is 5.58 Å². The number of aryl methyl sites for hydroxylation is 2. The number of furan rings is 1. The van der Waals surface area contributed by atoms with Crippen LogP contribution in [0, 0.1) is 13.8 Å². The molecular weight excluding hydrogens is 276 g/mol. The van der Waals surface area contributed by atoms with Crippen LogP contribution in [0.4, 0.5) is 0 Å². The Hall–Kier alpha value is -2.81. The fourth-order valence-corrected chi connectivity index (χ4v) is 2.40. The van der Waals surface area contributed by atoms with Crippen LogP contribution >= 0.6 is 0 Å². The predicted molar refractivity (Wildman–Crippen MR) is 87.2 cm³/mol. The minimum atomic E-state index is -0.235. The van der Waals surface area contributed by atoms with Crippen LogP contribution in [0.1, 0.15) is 27.2 Å². The van der Waals surface area contributed by atoms with E-state index in [9.17, 15) is 9.90 Å². The molecule has 0 atom stereocenters. The Morgan fingerprint density at radius 2 is 1.86 bits per heavy atom. The van der Waals surface area contributed by atoms with Crippen molar-refractivity contribution in [3.63, 3.8) is 0 Å². The lowest BCUT2D eigenvalue weighted by Crippen LogP contribution is -1.95. The van der Waals surface area contributed by atoms with Crippen LogP contribution < -0.4 is 0 Å². The van der Waals surface area contributed by atoms with Crippen LogP contribution in [0.5, 0.6) is 5.75 Å². The molecule has 0 radical (unpaired) electrons. The van der Waals surface area contributed by atoms with E-state index in [4.69, 9.17) is 4.42 Å². The van der Waals surface area contributed by atoms with E-state index in [-0.39, 0.29) is 17.1 Å². The molecule has 2 aromatic carbocycles. The maximum atomic E-state index is 12.3. The minimum absolute atomic E-state index is 0.0658. The Morgan fingerprint density at radius 3 is 2.59 bits per heavy atom. The number of ketones is 1. The first-order valence-electron chi connectivity index (χ1n) is 7.06. The maximum absolute atomic E-state index is 12.3. The van der Waals surface area contributed by atoms with Crippen molar-refractivity contribution in [3.05, 3.63) is 71.0 Å². The number of hydrogen-bond donors (Lipinski definition) is 1. The summed E-state index contributed by atoms with van der Waals surface area (Å²) < 4.78 is 5.55. The largest absolute Gasteiger partial charge is 0.507 e. The van der Waals surface area contributed by atoms with Crippen LogP contribution in [0.3, 0.4) is 0 Å². The molecule has 0 amide bonds. The normalized spacial score (nSPS) is 11.4. The van der Waals surface area contributed by atoms with Crippen LogP contribution in [0.15, 0.2) is 53.0 Å². The number of aromatic hydroxyl groups is 1. The van der Waals surface area contributed by atoms with Crippen molar-refractivity contribution in [2.75, 3.05) is 0 Å². The molecule has 0 spiro atoms. The third-order valence-corrected chi connectivity index (χ3v) is 3.79. The van der Waals surface area contributed by atoms with Gasteiger partial charge in [0, 0.05) is 11.5 Å². The first-order valence-corrected chi connectivity index (χ1v) is 7.06. The van der Waals surface area contributed by atoms with Crippen molar-refractivity contribution in [2.24, 2.45) is 0 Å². The lowest BCUT2D eigenvalue weighted by molar-refractivity contribution is 0.104. The highest BCUT2D eigenvalue weighted by molar-refractivity contribution is 6.10. The quantitative estimate of drug-likeness (QED) is 0.564. The highest BCUT2D eigenvalue weighted by Crippen LogP contribution is 2.31. The second kappa shape index (κ2) is 5.53. The molecule has 0 aliphatic carbocycles. The maximum Gasteiger partial charge on any atom is 0.189 e. The molecule has 3 nitrogen and oxygen atoms in total. The standard InChI is InChI=1S/C19H16O3/c1-12-13(2)22-19-11-18(21)16(10-15(12)19)17(20)9-8-14-6-4-3-5-7-14/h3-11,21H,1-2H3/b9-8+. The zero-order valence-electron chi connectivity index (χ0n) is 12.5. The molecule has 22 heavy (non-hydrogen) atoms.